The molecule has 15 heteroatoms. The molecular weight excluding hydrogens is 690 g/mol. The SMILES string of the molecule is C[C@@H](OCC1CCCCC1)[C@H](NC(=O)[C@@H]1CN(C(=O)c2cnn(Cc3ccccc3)c2)CC12CN(C(=O)[C@H]1CC1(C)C)C2)C(=O)NCC(F)(F)C(=O)O. The number of rotatable bonds is 14. The van der Waals surface area contributed by atoms with Gasteiger partial charge in [0.15, 0.2) is 0 Å². The fourth-order valence-corrected chi connectivity index (χ4v) is 8.07. The van der Waals surface area contributed by atoms with Gasteiger partial charge in [-0.15, -0.1) is 0 Å². The number of nitrogens with zero attached hydrogens (tertiary/aromatic N) is 4. The molecule has 0 radical (unpaired) electrons. The van der Waals surface area contributed by atoms with Crippen LogP contribution >= 0.6 is 0 Å². The number of aliphatic carboxylic acids is 1. The number of halogens is 2. The first-order chi connectivity index (χ1) is 25.1. The van der Waals surface area contributed by atoms with Crippen LogP contribution in [0.25, 0.3) is 0 Å². The number of carbonyl (C=O) groups is 5. The highest BCUT2D eigenvalue weighted by Crippen LogP contribution is 2.54. The minimum atomic E-state index is -4.22. The summed E-state index contributed by atoms with van der Waals surface area (Å²) in [5.41, 5.74) is 0.440. The molecule has 0 unspecified atom stereocenters. The van der Waals surface area contributed by atoms with E-state index >= 15 is 0 Å². The number of aromatic nitrogens is 2. The number of carboxylic acid groups (broad SMARTS) is 1. The average molecular weight is 741 g/mol. The van der Waals surface area contributed by atoms with E-state index in [-0.39, 0.29) is 55.2 Å². The molecule has 1 spiro atoms. The van der Waals surface area contributed by atoms with Gasteiger partial charge in [-0.05, 0) is 43.1 Å². The van der Waals surface area contributed by atoms with Gasteiger partial charge in [0.1, 0.15) is 6.04 Å². The predicted molar refractivity (Wildman–Crippen MR) is 188 cm³/mol. The van der Waals surface area contributed by atoms with E-state index in [0.29, 0.717) is 18.7 Å². The van der Waals surface area contributed by atoms with Crippen molar-refractivity contribution in [3.8, 4) is 0 Å². The predicted octanol–water partition coefficient (Wildman–Crippen LogP) is 3.18. The molecule has 4 fully saturated rings. The molecule has 0 bridgehead atoms. The number of nitrogens with one attached hydrogen (secondary N) is 2. The third-order valence-corrected chi connectivity index (χ3v) is 11.6. The minimum absolute atomic E-state index is 0.00573. The van der Waals surface area contributed by atoms with Crippen LogP contribution in [-0.2, 0) is 30.5 Å². The van der Waals surface area contributed by atoms with Gasteiger partial charge in [0.25, 0.3) is 5.91 Å². The molecule has 1 aromatic carbocycles. The Labute approximate surface area is 307 Å². The monoisotopic (exact) mass is 740 g/mol. The van der Waals surface area contributed by atoms with Crippen molar-refractivity contribution < 1.29 is 42.6 Å². The number of alkyl halides is 2. The molecule has 13 nitrogen and oxygen atoms in total. The molecule has 4 atom stereocenters. The highest BCUT2D eigenvalue weighted by Gasteiger charge is 2.62. The molecule has 3 N–H and O–H groups in total. The molecule has 4 aliphatic rings. The van der Waals surface area contributed by atoms with E-state index in [9.17, 15) is 32.8 Å². The lowest BCUT2D eigenvalue weighted by atomic mass is 9.70. The zero-order valence-electron chi connectivity index (χ0n) is 30.6. The molecule has 4 amide bonds. The Kier molecular flexibility index (Phi) is 11.0. The fourth-order valence-electron chi connectivity index (χ4n) is 8.07. The third-order valence-electron chi connectivity index (χ3n) is 11.6. The quantitative estimate of drug-likeness (QED) is 0.266. The minimum Gasteiger partial charge on any atom is -0.477 e. The standard InChI is InChI=1S/C38H50F2N6O7/c1-24(53-19-26-12-8-5-9-13-26)30(32(48)41-20-38(39,40)35(51)52)43-31(47)29-18-44(21-37(29)22-45(23-37)34(50)28-14-36(28,2)3)33(49)27-15-42-46(17-27)16-25-10-6-4-7-11-25/h4,6-7,10-11,15,17,24,26,28-30H,5,8-9,12-14,16,18-23H2,1-3H3,(H,41,48)(H,43,47)(H,51,52)/t24-,28-,29+,30+/m1/s1. The molecular formula is C38H50F2N6O7. The summed E-state index contributed by atoms with van der Waals surface area (Å²) in [6.45, 7) is 5.59. The molecule has 2 saturated carbocycles. The van der Waals surface area contributed by atoms with E-state index in [2.05, 4.69) is 10.4 Å². The normalized spacial score (nSPS) is 23.2. The van der Waals surface area contributed by atoms with Crippen molar-refractivity contribution in [3.63, 3.8) is 0 Å². The average Bonchev–Trinajstić information content (AvgIpc) is 3.41. The lowest BCUT2D eigenvalue weighted by Gasteiger charge is -2.50. The van der Waals surface area contributed by atoms with Gasteiger partial charge in [0, 0.05) is 50.3 Å². The maximum atomic E-state index is 14.3. The second-order valence-electron chi connectivity index (χ2n) is 16.2. The van der Waals surface area contributed by atoms with Gasteiger partial charge in [-0.3, -0.25) is 23.9 Å². The summed E-state index contributed by atoms with van der Waals surface area (Å²) in [7, 11) is 0. The van der Waals surface area contributed by atoms with Crippen LogP contribution in [0.4, 0.5) is 8.78 Å². The first-order valence-corrected chi connectivity index (χ1v) is 18.5. The Balaban J connectivity index is 1.19. The third kappa shape index (κ3) is 8.55. The van der Waals surface area contributed by atoms with Crippen molar-refractivity contribution in [2.24, 2.45) is 28.6 Å². The molecule has 2 aliphatic heterocycles. The Hall–Kier alpha value is -4.40. The summed E-state index contributed by atoms with van der Waals surface area (Å²) >= 11 is 0. The number of amides is 4. The summed E-state index contributed by atoms with van der Waals surface area (Å²) in [5, 5.41) is 18.0. The van der Waals surface area contributed by atoms with Crippen molar-refractivity contribution in [1.82, 2.24) is 30.2 Å². The Morgan fingerprint density at radius 3 is 2.32 bits per heavy atom. The zero-order chi connectivity index (χ0) is 38.1. The molecule has 2 saturated heterocycles. The topological polar surface area (TPSA) is 163 Å². The van der Waals surface area contributed by atoms with Crippen LogP contribution in [0.15, 0.2) is 42.7 Å². The van der Waals surface area contributed by atoms with Gasteiger partial charge in [0.2, 0.25) is 17.7 Å². The zero-order valence-corrected chi connectivity index (χ0v) is 30.6. The second-order valence-corrected chi connectivity index (χ2v) is 16.2. The Bertz CT molecular complexity index is 1690. The molecule has 2 aromatic rings. The first-order valence-electron chi connectivity index (χ1n) is 18.5. The van der Waals surface area contributed by atoms with Crippen molar-refractivity contribution in [3.05, 3.63) is 53.9 Å². The Morgan fingerprint density at radius 1 is 1.02 bits per heavy atom. The molecule has 1 aromatic heterocycles. The molecule has 3 heterocycles. The molecule has 6 rings (SSSR count). The van der Waals surface area contributed by atoms with E-state index in [1.807, 2.05) is 49.5 Å². The van der Waals surface area contributed by atoms with Crippen LogP contribution in [0.1, 0.15) is 75.2 Å². The summed E-state index contributed by atoms with van der Waals surface area (Å²) in [6.07, 6.45) is 8.10. The maximum Gasteiger partial charge on any atom is 0.376 e. The van der Waals surface area contributed by atoms with Gasteiger partial charge in [-0.2, -0.15) is 13.9 Å². The van der Waals surface area contributed by atoms with Crippen LogP contribution in [-0.4, -0.2) is 112 Å². The van der Waals surface area contributed by atoms with Crippen molar-refractivity contribution in [2.75, 3.05) is 39.3 Å². The summed E-state index contributed by atoms with van der Waals surface area (Å²) < 4.78 is 35.7. The number of likely N-dealkylation sites (tertiary alicyclic amines) is 2. The van der Waals surface area contributed by atoms with Gasteiger partial charge in [-0.1, -0.05) is 63.4 Å². The van der Waals surface area contributed by atoms with E-state index in [1.165, 1.54) is 6.20 Å². The smallest absolute Gasteiger partial charge is 0.376 e. The summed E-state index contributed by atoms with van der Waals surface area (Å²) in [5.74, 6) is -9.23. The summed E-state index contributed by atoms with van der Waals surface area (Å²) in [4.78, 5) is 69.3. The van der Waals surface area contributed by atoms with Crippen LogP contribution in [0.5, 0.6) is 0 Å². The van der Waals surface area contributed by atoms with Crippen molar-refractivity contribution >= 4 is 29.6 Å². The largest absolute Gasteiger partial charge is 0.477 e. The molecule has 53 heavy (non-hydrogen) atoms. The number of hydrogen-bond acceptors (Lipinski definition) is 7. The van der Waals surface area contributed by atoms with Crippen LogP contribution in [0, 0.1) is 28.6 Å². The fraction of sp³-hybridized carbons (Fsp3) is 0.632. The van der Waals surface area contributed by atoms with Crippen LogP contribution in [0.3, 0.4) is 0 Å². The highest BCUT2D eigenvalue weighted by molar-refractivity contribution is 5.96. The number of carbonyl (C=O) groups excluding carboxylic acids is 4. The maximum absolute atomic E-state index is 14.3. The second kappa shape index (κ2) is 15.2. The lowest BCUT2D eigenvalue weighted by molar-refractivity contribution is -0.164. The molecule has 2 aliphatic carbocycles. The van der Waals surface area contributed by atoms with Gasteiger partial charge in [0.05, 0.1) is 36.9 Å². The van der Waals surface area contributed by atoms with E-state index < -0.39 is 53.7 Å². The lowest BCUT2D eigenvalue weighted by Crippen LogP contribution is -2.65. The van der Waals surface area contributed by atoms with Gasteiger partial charge in [-0.25, -0.2) is 4.79 Å². The number of hydrogen-bond donors (Lipinski definition) is 3. The van der Waals surface area contributed by atoms with Crippen molar-refractivity contribution in [2.45, 2.75) is 83.9 Å². The van der Waals surface area contributed by atoms with Crippen LogP contribution in [0.2, 0.25) is 0 Å². The highest BCUT2D eigenvalue weighted by atomic mass is 19.3. The number of benzene rings is 1. The van der Waals surface area contributed by atoms with Crippen molar-refractivity contribution in [1.29, 1.82) is 0 Å². The summed E-state index contributed by atoms with van der Waals surface area (Å²) in [6, 6.07) is 8.22. The van der Waals surface area contributed by atoms with Crippen LogP contribution < -0.4 is 10.6 Å². The van der Waals surface area contributed by atoms with Gasteiger partial charge < -0.3 is 30.3 Å². The number of ether oxygens (including phenoxy) is 1. The number of carboxylic acids is 1. The first kappa shape index (κ1) is 38.3. The Morgan fingerprint density at radius 2 is 1.68 bits per heavy atom. The van der Waals surface area contributed by atoms with E-state index in [4.69, 9.17) is 9.84 Å². The molecule has 288 valence electrons. The van der Waals surface area contributed by atoms with E-state index in [1.54, 1.807) is 27.6 Å². The van der Waals surface area contributed by atoms with Gasteiger partial charge >= 0.3 is 11.9 Å². The van der Waals surface area contributed by atoms with E-state index in [0.717, 1.165) is 44.1 Å².